The number of rotatable bonds is 13. The predicted molar refractivity (Wildman–Crippen MR) is 84.4 cm³/mol. The minimum absolute atomic E-state index is 0.170. The Balaban J connectivity index is 3.48. The van der Waals surface area contributed by atoms with Crippen molar-refractivity contribution in [2.45, 2.75) is 84.7 Å². The molecule has 0 radical (unpaired) electrons. The Morgan fingerprint density at radius 3 is 2.05 bits per heavy atom. The van der Waals surface area contributed by atoms with Crippen LogP contribution in [0, 0.1) is 0 Å². The third-order valence-corrected chi connectivity index (χ3v) is 3.40. The van der Waals surface area contributed by atoms with E-state index in [4.69, 9.17) is 9.47 Å². The van der Waals surface area contributed by atoms with Gasteiger partial charge in [0.1, 0.15) is 0 Å². The predicted octanol–water partition coefficient (Wildman–Crippen LogP) is 3.58. The molecule has 5 nitrogen and oxygen atoms in total. The molecule has 0 fully saturated rings. The smallest absolute Gasteiger partial charge is 0.306 e. The van der Waals surface area contributed by atoms with Crippen molar-refractivity contribution in [3.63, 3.8) is 0 Å². The average molecular weight is 314 g/mol. The van der Waals surface area contributed by atoms with E-state index in [1.807, 2.05) is 0 Å². The zero-order valence-corrected chi connectivity index (χ0v) is 14.2. The molecule has 0 aliphatic carbocycles. The Labute approximate surface area is 133 Å². The van der Waals surface area contributed by atoms with E-state index in [1.165, 1.54) is 26.2 Å². The first-order chi connectivity index (χ1) is 10.5. The summed E-state index contributed by atoms with van der Waals surface area (Å²) in [5.74, 6) is -0.774. The zero-order valence-electron chi connectivity index (χ0n) is 14.2. The van der Waals surface area contributed by atoms with Gasteiger partial charge in [0.05, 0.1) is 6.61 Å². The van der Waals surface area contributed by atoms with E-state index >= 15 is 0 Å². The number of unbranched alkanes of at least 4 members (excludes halogenated alkanes) is 5. The van der Waals surface area contributed by atoms with Gasteiger partial charge in [0, 0.05) is 12.8 Å². The first-order valence-electron chi connectivity index (χ1n) is 8.33. The summed E-state index contributed by atoms with van der Waals surface area (Å²) in [6, 6.07) is 0. The van der Waals surface area contributed by atoms with Gasteiger partial charge in [-0.3, -0.25) is 14.4 Å². The monoisotopic (exact) mass is 314 g/mol. The highest BCUT2D eigenvalue weighted by molar-refractivity contribution is 5.83. The summed E-state index contributed by atoms with van der Waals surface area (Å²) in [6.45, 7) is 5.59. The second kappa shape index (κ2) is 13.3. The van der Waals surface area contributed by atoms with E-state index in [1.54, 1.807) is 6.92 Å². The fourth-order valence-corrected chi connectivity index (χ4v) is 1.84. The molecule has 0 aliphatic heterocycles. The summed E-state index contributed by atoms with van der Waals surface area (Å²) in [4.78, 5) is 33.8. The molecular weight excluding hydrogens is 284 g/mol. The number of ether oxygens (including phenoxy) is 2. The highest BCUT2D eigenvalue weighted by Gasteiger charge is 2.13. The molecule has 0 bridgehead atoms. The van der Waals surface area contributed by atoms with E-state index in [0.29, 0.717) is 25.9 Å². The van der Waals surface area contributed by atoms with Gasteiger partial charge in [-0.1, -0.05) is 32.6 Å². The fourth-order valence-electron chi connectivity index (χ4n) is 1.84. The quantitative estimate of drug-likeness (QED) is 0.384. The Morgan fingerprint density at radius 1 is 0.864 bits per heavy atom. The lowest BCUT2D eigenvalue weighted by atomic mass is 10.2. The lowest BCUT2D eigenvalue weighted by molar-refractivity contribution is -0.153. The molecule has 5 heteroatoms. The fraction of sp³-hybridized carbons (Fsp3) is 0.824. The highest BCUT2D eigenvalue weighted by atomic mass is 16.5. The molecule has 22 heavy (non-hydrogen) atoms. The van der Waals surface area contributed by atoms with Gasteiger partial charge in [0.15, 0.2) is 11.9 Å². The molecule has 0 aromatic rings. The van der Waals surface area contributed by atoms with Crippen molar-refractivity contribution in [1.29, 1.82) is 0 Å². The largest absolute Gasteiger partial charge is 0.466 e. The molecule has 0 aromatic carbocycles. The molecule has 0 aromatic heterocycles. The van der Waals surface area contributed by atoms with Crippen LogP contribution in [0.15, 0.2) is 0 Å². The van der Waals surface area contributed by atoms with Crippen LogP contribution in [0.3, 0.4) is 0 Å². The van der Waals surface area contributed by atoms with Crippen LogP contribution < -0.4 is 0 Å². The summed E-state index contributed by atoms with van der Waals surface area (Å²) in [5, 5.41) is 0. The number of ketones is 1. The molecule has 0 saturated heterocycles. The molecule has 1 unspecified atom stereocenters. The van der Waals surface area contributed by atoms with E-state index in [0.717, 1.165) is 12.8 Å². The standard InChI is InChI=1S/C17H30O5/c1-4-5-6-7-10-13-21-16(19)11-8-9-12-17(20)22-15(3)14(2)18/h15H,4-13H2,1-3H3. The zero-order chi connectivity index (χ0) is 16.8. The summed E-state index contributed by atoms with van der Waals surface area (Å²) in [6.07, 6.45) is 6.65. The molecule has 0 heterocycles. The minimum atomic E-state index is -0.690. The van der Waals surface area contributed by atoms with Crippen molar-refractivity contribution in [3.8, 4) is 0 Å². The van der Waals surface area contributed by atoms with Crippen molar-refractivity contribution in [3.05, 3.63) is 0 Å². The number of Topliss-reactive ketones (excluding diaryl/α,β-unsaturated/α-hetero) is 1. The lowest BCUT2D eigenvalue weighted by Gasteiger charge is -2.09. The van der Waals surface area contributed by atoms with Crippen molar-refractivity contribution >= 4 is 17.7 Å². The summed E-state index contributed by atoms with van der Waals surface area (Å²) in [7, 11) is 0. The van der Waals surface area contributed by atoms with Gasteiger partial charge in [0.2, 0.25) is 0 Å². The maximum atomic E-state index is 11.5. The van der Waals surface area contributed by atoms with Gasteiger partial charge in [-0.25, -0.2) is 0 Å². The highest BCUT2D eigenvalue weighted by Crippen LogP contribution is 2.06. The van der Waals surface area contributed by atoms with E-state index in [-0.39, 0.29) is 18.2 Å². The van der Waals surface area contributed by atoms with Crippen LogP contribution in [-0.4, -0.2) is 30.4 Å². The molecule has 1 atom stereocenters. The van der Waals surface area contributed by atoms with Crippen LogP contribution in [0.5, 0.6) is 0 Å². The number of esters is 2. The van der Waals surface area contributed by atoms with E-state index in [9.17, 15) is 14.4 Å². The molecule has 0 aliphatic rings. The van der Waals surface area contributed by atoms with Gasteiger partial charge in [0.25, 0.3) is 0 Å². The Kier molecular flexibility index (Phi) is 12.4. The first kappa shape index (κ1) is 20.6. The van der Waals surface area contributed by atoms with Gasteiger partial charge in [-0.05, 0) is 33.1 Å². The molecular formula is C17H30O5. The second-order valence-electron chi connectivity index (χ2n) is 5.58. The van der Waals surface area contributed by atoms with Crippen molar-refractivity contribution in [2.24, 2.45) is 0 Å². The second-order valence-corrected chi connectivity index (χ2v) is 5.58. The maximum absolute atomic E-state index is 11.5. The number of carbonyl (C=O) groups is 3. The van der Waals surface area contributed by atoms with Gasteiger partial charge >= 0.3 is 11.9 Å². The van der Waals surface area contributed by atoms with Crippen LogP contribution in [0.2, 0.25) is 0 Å². The topological polar surface area (TPSA) is 69.7 Å². The normalized spacial score (nSPS) is 11.8. The SMILES string of the molecule is CCCCCCCOC(=O)CCCCC(=O)OC(C)C(C)=O. The summed E-state index contributed by atoms with van der Waals surface area (Å²) < 4.78 is 10.1. The average Bonchev–Trinajstić information content (AvgIpc) is 2.47. The molecule has 0 rings (SSSR count). The van der Waals surface area contributed by atoms with Crippen LogP contribution in [0.4, 0.5) is 0 Å². The molecule has 128 valence electrons. The van der Waals surface area contributed by atoms with E-state index < -0.39 is 12.1 Å². The van der Waals surface area contributed by atoms with Gasteiger partial charge in [-0.2, -0.15) is 0 Å². The molecule has 0 spiro atoms. The van der Waals surface area contributed by atoms with Gasteiger partial charge < -0.3 is 9.47 Å². The third-order valence-electron chi connectivity index (χ3n) is 3.40. The summed E-state index contributed by atoms with van der Waals surface area (Å²) >= 11 is 0. The number of hydrogen-bond donors (Lipinski definition) is 0. The van der Waals surface area contributed by atoms with Crippen LogP contribution in [0.25, 0.3) is 0 Å². The van der Waals surface area contributed by atoms with Crippen molar-refractivity contribution in [2.75, 3.05) is 6.61 Å². The maximum Gasteiger partial charge on any atom is 0.306 e. The third kappa shape index (κ3) is 12.4. The van der Waals surface area contributed by atoms with Crippen LogP contribution in [-0.2, 0) is 23.9 Å². The molecule has 0 N–H and O–H groups in total. The van der Waals surface area contributed by atoms with Crippen molar-refractivity contribution in [1.82, 2.24) is 0 Å². The molecule has 0 amide bonds. The number of carbonyl (C=O) groups excluding carboxylic acids is 3. The summed E-state index contributed by atoms with van der Waals surface area (Å²) in [5.41, 5.74) is 0. The minimum Gasteiger partial charge on any atom is -0.466 e. The van der Waals surface area contributed by atoms with Crippen LogP contribution >= 0.6 is 0 Å². The van der Waals surface area contributed by atoms with E-state index in [2.05, 4.69) is 6.92 Å². The number of hydrogen-bond acceptors (Lipinski definition) is 5. The van der Waals surface area contributed by atoms with Gasteiger partial charge in [-0.15, -0.1) is 0 Å². The van der Waals surface area contributed by atoms with Crippen molar-refractivity contribution < 1.29 is 23.9 Å². The first-order valence-corrected chi connectivity index (χ1v) is 8.33. The Hall–Kier alpha value is -1.39. The Bertz CT molecular complexity index is 338. The Morgan fingerprint density at radius 2 is 1.45 bits per heavy atom. The van der Waals surface area contributed by atoms with Crippen LogP contribution in [0.1, 0.15) is 78.6 Å². The lowest BCUT2D eigenvalue weighted by Crippen LogP contribution is -2.21. The molecule has 0 saturated carbocycles.